The van der Waals surface area contributed by atoms with Crippen molar-refractivity contribution in [3.63, 3.8) is 0 Å². The molecule has 1 N–H and O–H groups in total. The smallest absolute Gasteiger partial charge is 0.255 e. The lowest BCUT2D eigenvalue weighted by Crippen LogP contribution is -2.36. The van der Waals surface area contributed by atoms with E-state index in [-0.39, 0.29) is 5.91 Å². The summed E-state index contributed by atoms with van der Waals surface area (Å²) in [4.78, 5) is 14.8. The number of hydrogen-bond acceptors (Lipinski definition) is 4. The normalized spacial score (nSPS) is 14.1. The van der Waals surface area contributed by atoms with Crippen molar-refractivity contribution in [1.82, 2.24) is 9.78 Å². The lowest BCUT2D eigenvalue weighted by atomic mass is 10.1. The molecule has 138 valence electrons. The molecule has 0 spiro atoms. The fourth-order valence-corrected chi connectivity index (χ4v) is 3.12. The fraction of sp³-hybridized carbons (Fsp3) is 0.238. The maximum atomic E-state index is 12.5. The molecular formula is C21H22N4O2. The Labute approximate surface area is 158 Å². The number of benzene rings is 2. The van der Waals surface area contributed by atoms with Gasteiger partial charge in [-0.1, -0.05) is 12.1 Å². The molecule has 1 fully saturated rings. The summed E-state index contributed by atoms with van der Waals surface area (Å²) in [5, 5.41) is 7.15. The SMILES string of the molecule is O=C(Nc1ccc(Cn2cccn2)cc1)c1ccc(N2CCOCC2)cc1. The summed E-state index contributed by atoms with van der Waals surface area (Å²) in [6.07, 6.45) is 3.69. The van der Waals surface area contributed by atoms with Crippen molar-refractivity contribution in [2.24, 2.45) is 0 Å². The van der Waals surface area contributed by atoms with Gasteiger partial charge in [0.1, 0.15) is 0 Å². The Balaban J connectivity index is 1.36. The lowest BCUT2D eigenvalue weighted by molar-refractivity contribution is 0.102. The molecule has 6 nitrogen and oxygen atoms in total. The van der Waals surface area contributed by atoms with Gasteiger partial charge in [-0.3, -0.25) is 9.48 Å². The van der Waals surface area contributed by atoms with E-state index < -0.39 is 0 Å². The van der Waals surface area contributed by atoms with Crippen LogP contribution in [0.1, 0.15) is 15.9 Å². The van der Waals surface area contributed by atoms with Crippen LogP contribution < -0.4 is 10.2 Å². The Morgan fingerprint density at radius 2 is 1.78 bits per heavy atom. The van der Waals surface area contributed by atoms with E-state index in [9.17, 15) is 4.79 Å². The van der Waals surface area contributed by atoms with Gasteiger partial charge in [0, 0.05) is 42.4 Å². The van der Waals surface area contributed by atoms with Crippen LogP contribution in [0.4, 0.5) is 11.4 Å². The van der Waals surface area contributed by atoms with Crippen molar-refractivity contribution in [3.8, 4) is 0 Å². The van der Waals surface area contributed by atoms with Gasteiger partial charge < -0.3 is 15.0 Å². The molecule has 1 aromatic heterocycles. The second-order valence-electron chi connectivity index (χ2n) is 6.50. The summed E-state index contributed by atoms with van der Waals surface area (Å²) >= 11 is 0. The van der Waals surface area contributed by atoms with Crippen molar-refractivity contribution >= 4 is 17.3 Å². The highest BCUT2D eigenvalue weighted by atomic mass is 16.5. The average Bonchev–Trinajstić information content (AvgIpc) is 3.23. The number of aromatic nitrogens is 2. The monoisotopic (exact) mass is 362 g/mol. The van der Waals surface area contributed by atoms with Crippen LogP contribution in [0.5, 0.6) is 0 Å². The molecule has 0 bridgehead atoms. The van der Waals surface area contributed by atoms with E-state index in [1.807, 2.05) is 65.5 Å². The number of nitrogens with zero attached hydrogens (tertiary/aromatic N) is 3. The molecule has 2 aromatic carbocycles. The summed E-state index contributed by atoms with van der Waals surface area (Å²) in [7, 11) is 0. The van der Waals surface area contributed by atoms with Gasteiger partial charge in [-0.25, -0.2) is 0 Å². The Kier molecular flexibility index (Phi) is 5.16. The number of rotatable bonds is 5. The van der Waals surface area contributed by atoms with Crippen LogP contribution in [0.2, 0.25) is 0 Å². The number of hydrogen-bond donors (Lipinski definition) is 1. The third-order valence-corrected chi connectivity index (χ3v) is 4.62. The highest BCUT2D eigenvalue weighted by Crippen LogP contribution is 2.18. The van der Waals surface area contributed by atoms with E-state index in [4.69, 9.17) is 4.74 Å². The lowest BCUT2D eigenvalue weighted by Gasteiger charge is -2.28. The van der Waals surface area contributed by atoms with Crippen LogP contribution >= 0.6 is 0 Å². The Hall–Kier alpha value is -3.12. The Bertz CT molecular complexity index is 868. The van der Waals surface area contributed by atoms with Crippen LogP contribution in [0, 0.1) is 0 Å². The van der Waals surface area contributed by atoms with Gasteiger partial charge in [-0.2, -0.15) is 5.10 Å². The molecular weight excluding hydrogens is 340 g/mol. The van der Waals surface area contributed by atoms with E-state index in [1.165, 1.54) is 0 Å². The second-order valence-corrected chi connectivity index (χ2v) is 6.50. The van der Waals surface area contributed by atoms with Gasteiger partial charge in [-0.05, 0) is 48.0 Å². The predicted molar refractivity (Wildman–Crippen MR) is 105 cm³/mol. The molecule has 0 unspecified atom stereocenters. The number of carbonyl (C=O) groups excluding carboxylic acids is 1. The third-order valence-electron chi connectivity index (χ3n) is 4.62. The average molecular weight is 362 g/mol. The van der Waals surface area contributed by atoms with Crippen LogP contribution in [-0.2, 0) is 11.3 Å². The van der Waals surface area contributed by atoms with Crippen molar-refractivity contribution in [1.29, 1.82) is 0 Å². The number of anilines is 2. The highest BCUT2D eigenvalue weighted by Gasteiger charge is 2.12. The quantitative estimate of drug-likeness (QED) is 0.758. The van der Waals surface area contributed by atoms with Crippen LogP contribution in [0.3, 0.4) is 0 Å². The summed E-state index contributed by atoms with van der Waals surface area (Å²) in [6, 6.07) is 17.5. The van der Waals surface area contributed by atoms with Gasteiger partial charge in [-0.15, -0.1) is 0 Å². The molecule has 27 heavy (non-hydrogen) atoms. The first-order chi connectivity index (χ1) is 13.3. The van der Waals surface area contributed by atoms with E-state index >= 15 is 0 Å². The molecule has 3 aromatic rings. The van der Waals surface area contributed by atoms with Gasteiger partial charge >= 0.3 is 0 Å². The number of ether oxygens (including phenoxy) is 1. The van der Waals surface area contributed by atoms with Crippen LogP contribution in [0.25, 0.3) is 0 Å². The minimum absolute atomic E-state index is 0.108. The maximum absolute atomic E-state index is 12.5. The predicted octanol–water partition coefficient (Wildman–Crippen LogP) is 3.02. The zero-order chi connectivity index (χ0) is 18.5. The number of morpholine rings is 1. The summed E-state index contributed by atoms with van der Waals surface area (Å²) in [6.45, 7) is 3.98. The minimum Gasteiger partial charge on any atom is -0.378 e. The third kappa shape index (κ3) is 4.35. The second kappa shape index (κ2) is 8.05. The first-order valence-electron chi connectivity index (χ1n) is 9.08. The van der Waals surface area contributed by atoms with Gasteiger partial charge in [0.25, 0.3) is 5.91 Å². The van der Waals surface area contributed by atoms with E-state index in [2.05, 4.69) is 15.3 Å². The van der Waals surface area contributed by atoms with Crippen molar-refractivity contribution < 1.29 is 9.53 Å². The molecule has 0 aliphatic carbocycles. The molecule has 1 saturated heterocycles. The first kappa shape index (κ1) is 17.3. The zero-order valence-corrected chi connectivity index (χ0v) is 15.0. The van der Waals surface area contributed by atoms with E-state index in [0.29, 0.717) is 12.1 Å². The number of amides is 1. The summed E-state index contributed by atoms with van der Waals surface area (Å²) in [5.41, 5.74) is 3.68. The van der Waals surface area contributed by atoms with Crippen molar-refractivity contribution in [2.45, 2.75) is 6.54 Å². The minimum atomic E-state index is -0.108. The van der Waals surface area contributed by atoms with E-state index in [1.54, 1.807) is 6.20 Å². The molecule has 0 radical (unpaired) electrons. The first-order valence-corrected chi connectivity index (χ1v) is 9.08. The topological polar surface area (TPSA) is 59.4 Å². The Morgan fingerprint density at radius 1 is 1.04 bits per heavy atom. The maximum Gasteiger partial charge on any atom is 0.255 e. The molecule has 1 aliphatic rings. The molecule has 0 saturated carbocycles. The summed E-state index contributed by atoms with van der Waals surface area (Å²) < 4.78 is 7.24. The highest BCUT2D eigenvalue weighted by molar-refractivity contribution is 6.04. The van der Waals surface area contributed by atoms with Gasteiger partial charge in [0.15, 0.2) is 0 Å². The molecule has 2 heterocycles. The van der Waals surface area contributed by atoms with Crippen molar-refractivity contribution in [3.05, 3.63) is 78.1 Å². The molecule has 0 atom stereocenters. The Morgan fingerprint density at radius 3 is 2.44 bits per heavy atom. The van der Waals surface area contributed by atoms with E-state index in [0.717, 1.165) is 43.2 Å². The zero-order valence-electron chi connectivity index (χ0n) is 15.0. The molecule has 4 rings (SSSR count). The molecule has 1 amide bonds. The van der Waals surface area contributed by atoms with Gasteiger partial charge in [0.2, 0.25) is 0 Å². The molecule has 6 heteroatoms. The standard InChI is InChI=1S/C21H22N4O2/c26-21(18-4-8-20(9-5-18)24-12-14-27-15-13-24)23-19-6-2-17(3-7-19)16-25-11-1-10-22-25/h1-11H,12-16H2,(H,23,26). The van der Waals surface area contributed by atoms with Crippen LogP contribution in [0.15, 0.2) is 67.0 Å². The van der Waals surface area contributed by atoms with Crippen LogP contribution in [-0.4, -0.2) is 42.0 Å². The number of nitrogens with one attached hydrogen (secondary N) is 1. The van der Waals surface area contributed by atoms with Gasteiger partial charge in [0.05, 0.1) is 19.8 Å². The number of carbonyl (C=O) groups is 1. The van der Waals surface area contributed by atoms with Crippen molar-refractivity contribution in [2.75, 3.05) is 36.5 Å². The largest absolute Gasteiger partial charge is 0.378 e. The fourth-order valence-electron chi connectivity index (χ4n) is 3.12. The molecule has 1 aliphatic heterocycles. The summed E-state index contributed by atoms with van der Waals surface area (Å²) in [5.74, 6) is -0.108.